The smallest absolute Gasteiger partial charge is 0.126 e. The van der Waals surface area contributed by atoms with Gasteiger partial charge in [0.25, 0.3) is 0 Å². The van der Waals surface area contributed by atoms with Crippen molar-refractivity contribution in [2.24, 2.45) is 5.73 Å². The fraction of sp³-hybridized carbons (Fsp3) is 0.0714. The summed E-state index contributed by atoms with van der Waals surface area (Å²) in [4.78, 5) is 0.413. The van der Waals surface area contributed by atoms with Crippen LogP contribution in [0.25, 0.3) is 11.1 Å². The molecule has 0 aliphatic heterocycles. The van der Waals surface area contributed by atoms with Gasteiger partial charge >= 0.3 is 0 Å². The van der Waals surface area contributed by atoms with Crippen LogP contribution in [0.2, 0.25) is 0 Å². The molecule has 86 valence electrons. The van der Waals surface area contributed by atoms with Crippen LogP contribution in [-0.4, -0.2) is 12.1 Å². The number of rotatable bonds is 3. The summed E-state index contributed by atoms with van der Waals surface area (Å²) in [7, 11) is 1.67. The van der Waals surface area contributed by atoms with Crippen molar-refractivity contribution in [3.63, 3.8) is 0 Å². The summed E-state index contributed by atoms with van der Waals surface area (Å²) in [5, 5.41) is 0. The number of hydrogen-bond donors (Lipinski definition) is 1. The number of para-hydroxylation sites is 1. The Kier molecular flexibility index (Phi) is 3.40. The highest BCUT2D eigenvalue weighted by Crippen LogP contribution is 2.29. The van der Waals surface area contributed by atoms with E-state index >= 15 is 0 Å². The van der Waals surface area contributed by atoms with Crippen LogP contribution < -0.4 is 10.5 Å². The maximum atomic E-state index is 5.57. The minimum atomic E-state index is 0.413. The van der Waals surface area contributed by atoms with Gasteiger partial charge in [-0.2, -0.15) is 0 Å². The van der Waals surface area contributed by atoms with E-state index in [4.69, 9.17) is 22.7 Å². The Morgan fingerprint density at radius 3 is 2.29 bits per heavy atom. The molecule has 0 aromatic heterocycles. The minimum Gasteiger partial charge on any atom is -0.496 e. The SMILES string of the molecule is COc1ccccc1-c1ccc(C(N)=S)cc1. The lowest BCUT2D eigenvalue weighted by molar-refractivity contribution is 0.416. The summed E-state index contributed by atoms with van der Waals surface area (Å²) in [6, 6.07) is 15.7. The Bertz CT molecular complexity index is 534. The average molecular weight is 243 g/mol. The normalized spacial score (nSPS) is 9.94. The molecule has 3 heteroatoms. The lowest BCUT2D eigenvalue weighted by Crippen LogP contribution is -2.08. The summed E-state index contributed by atoms with van der Waals surface area (Å²) < 4.78 is 5.33. The van der Waals surface area contributed by atoms with E-state index in [2.05, 4.69) is 0 Å². The van der Waals surface area contributed by atoms with Gasteiger partial charge in [-0.15, -0.1) is 0 Å². The van der Waals surface area contributed by atoms with E-state index in [0.29, 0.717) is 4.99 Å². The molecular weight excluding hydrogens is 230 g/mol. The van der Waals surface area contributed by atoms with Crippen molar-refractivity contribution in [1.29, 1.82) is 0 Å². The van der Waals surface area contributed by atoms with E-state index in [9.17, 15) is 0 Å². The van der Waals surface area contributed by atoms with Gasteiger partial charge in [0, 0.05) is 11.1 Å². The molecule has 2 rings (SSSR count). The second kappa shape index (κ2) is 4.97. The molecule has 0 unspecified atom stereocenters. The predicted octanol–water partition coefficient (Wildman–Crippen LogP) is 3.00. The summed E-state index contributed by atoms with van der Waals surface area (Å²) in [5.41, 5.74) is 8.58. The highest BCUT2D eigenvalue weighted by Gasteiger charge is 2.04. The van der Waals surface area contributed by atoms with Gasteiger partial charge in [0.15, 0.2) is 0 Å². The molecule has 0 atom stereocenters. The number of thiocarbonyl (C=S) groups is 1. The van der Waals surface area contributed by atoms with Crippen LogP contribution in [0.3, 0.4) is 0 Å². The molecule has 0 fully saturated rings. The first-order chi connectivity index (χ1) is 8.22. The third kappa shape index (κ3) is 2.45. The van der Waals surface area contributed by atoms with Crippen molar-refractivity contribution < 1.29 is 4.74 Å². The van der Waals surface area contributed by atoms with Crippen LogP contribution in [0.5, 0.6) is 5.75 Å². The number of methoxy groups -OCH3 is 1. The largest absolute Gasteiger partial charge is 0.496 e. The van der Waals surface area contributed by atoms with Gasteiger partial charge in [-0.1, -0.05) is 54.7 Å². The molecule has 2 N–H and O–H groups in total. The van der Waals surface area contributed by atoms with Crippen molar-refractivity contribution in [2.75, 3.05) is 7.11 Å². The Labute approximate surface area is 106 Å². The van der Waals surface area contributed by atoms with Gasteiger partial charge in [0.05, 0.1) is 7.11 Å². The summed E-state index contributed by atoms with van der Waals surface area (Å²) >= 11 is 4.92. The third-order valence-electron chi connectivity index (χ3n) is 2.59. The predicted molar refractivity (Wildman–Crippen MR) is 74.3 cm³/mol. The molecular formula is C14H13NOS. The molecule has 2 aromatic carbocycles. The lowest BCUT2D eigenvalue weighted by atomic mass is 10.0. The third-order valence-corrected chi connectivity index (χ3v) is 2.82. The van der Waals surface area contributed by atoms with E-state index in [1.165, 1.54) is 0 Å². The second-order valence-electron chi connectivity index (χ2n) is 3.64. The van der Waals surface area contributed by atoms with E-state index in [1.807, 2.05) is 48.5 Å². The standard InChI is InChI=1S/C14H13NOS/c1-16-13-5-3-2-4-12(13)10-6-8-11(9-7-10)14(15)17/h2-9H,1H3,(H2,15,17). The van der Waals surface area contributed by atoms with Crippen LogP contribution in [-0.2, 0) is 0 Å². The molecule has 0 saturated carbocycles. The van der Waals surface area contributed by atoms with Crippen molar-refractivity contribution in [3.05, 3.63) is 54.1 Å². The van der Waals surface area contributed by atoms with Crippen LogP contribution in [0, 0.1) is 0 Å². The molecule has 0 heterocycles. The molecule has 0 spiro atoms. The molecule has 0 radical (unpaired) electrons. The zero-order chi connectivity index (χ0) is 12.3. The van der Waals surface area contributed by atoms with E-state index in [1.54, 1.807) is 7.11 Å². The fourth-order valence-electron chi connectivity index (χ4n) is 1.70. The van der Waals surface area contributed by atoms with Gasteiger partial charge in [-0.05, 0) is 11.6 Å². The first-order valence-corrected chi connectivity index (χ1v) is 5.66. The van der Waals surface area contributed by atoms with E-state index in [-0.39, 0.29) is 0 Å². The van der Waals surface area contributed by atoms with Gasteiger partial charge in [0.1, 0.15) is 10.7 Å². The molecule has 0 bridgehead atoms. The van der Waals surface area contributed by atoms with Crippen LogP contribution in [0.4, 0.5) is 0 Å². The van der Waals surface area contributed by atoms with Crippen LogP contribution in [0.15, 0.2) is 48.5 Å². The molecule has 0 aliphatic rings. The maximum absolute atomic E-state index is 5.57. The highest BCUT2D eigenvalue weighted by atomic mass is 32.1. The zero-order valence-electron chi connectivity index (χ0n) is 9.51. The van der Waals surface area contributed by atoms with Crippen molar-refractivity contribution in [2.45, 2.75) is 0 Å². The number of benzene rings is 2. The summed E-state index contributed by atoms with van der Waals surface area (Å²) in [6.45, 7) is 0. The Balaban J connectivity index is 2.43. The maximum Gasteiger partial charge on any atom is 0.126 e. The number of ether oxygens (including phenoxy) is 1. The minimum absolute atomic E-state index is 0.413. The number of nitrogens with two attached hydrogens (primary N) is 1. The molecule has 0 saturated heterocycles. The van der Waals surface area contributed by atoms with Crippen molar-refractivity contribution in [1.82, 2.24) is 0 Å². The van der Waals surface area contributed by atoms with Crippen LogP contribution in [0.1, 0.15) is 5.56 Å². The zero-order valence-corrected chi connectivity index (χ0v) is 10.3. The topological polar surface area (TPSA) is 35.2 Å². The fourth-order valence-corrected chi connectivity index (χ4v) is 1.83. The highest BCUT2D eigenvalue weighted by molar-refractivity contribution is 7.80. The average Bonchev–Trinajstić information content (AvgIpc) is 2.39. The molecule has 2 nitrogen and oxygen atoms in total. The van der Waals surface area contributed by atoms with Crippen molar-refractivity contribution in [3.8, 4) is 16.9 Å². The lowest BCUT2D eigenvalue weighted by Gasteiger charge is -2.08. The first kappa shape index (κ1) is 11.6. The molecule has 2 aromatic rings. The Morgan fingerprint density at radius 1 is 1.06 bits per heavy atom. The van der Waals surface area contributed by atoms with Gasteiger partial charge < -0.3 is 10.5 Å². The quantitative estimate of drug-likeness (QED) is 0.842. The second-order valence-corrected chi connectivity index (χ2v) is 4.08. The van der Waals surface area contributed by atoms with Gasteiger partial charge in [0.2, 0.25) is 0 Å². The molecule has 0 aliphatic carbocycles. The van der Waals surface area contributed by atoms with Gasteiger partial charge in [-0.3, -0.25) is 0 Å². The Hall–Kier alpha value is -1.87. The number of hydrogen-bond acceptors (Lipinski definition) is 2. The van der Waals surface area contributed by atoms with E-state index in [0.717, 1.165) is 22.4 Å². The summed E-state index contributed by atoms with van der Waals surface area (Å²) in [5.74, 6) is 0.857. The monoisotopic (exact) mass is 243 g/mol. The molecule has 17 heavy (non-hydrogen) atoms. The van der Waals surface area contributed by atoms with Crippen molar-refractivity contribution >= 4 is 17.2 Å². The van der Waals surface area contributed by atoms with Gasteiger partial charge in [-0.25, -0.2) is 0 Å². The van der Waals surface area contributed by atoms with Crippen LogP contribution >= 0.6 is 12.2 Å². The molecule has 0 amide bonds. The Morgan fingerprint density at radius 2 is 1.71 bits per heavy atom. The first-order valence-electron chi connectivity index (χ1n) is 5.25. The summed E-state index contributed by atoms with van der Waals surface area (Å²) in [6.07, 6.45) is 0. The van der Waals surface area contributed by atoms with E-state index < -0.39 is 0 Å².